The summed E-state index contributed by atoms with van der Waals surface area (Å²) in [5.74, 6) is -1.16. The predicted molar refractivity (Wildman–Crippen MR) is 74.4 cm³/mol. The van der Waals surface area contributed by atoms with Crippen molar-refractivity contribution in [2.75, 3.05) is 31.7 Å². The number of benzene rings is 1. The summed E-state index contributed by atoms with van der Waals surface area (Å²) < 4.78 is 24.2. The number of rotatable bonds is 6. The van der Waals surface area contributed by atoms with Crippen LogP contribution in [0.5, 0.6) is 0 Å². The first-order valence-electron chi connectivity index (χ1n) is 5.41. The third kappa shape index (κ3) is 4.38. The third-order valence-corrected chi connectivity index (χ3v) is 4.59. The minimum Gasteiger partial charge on any atom is -0.478 e. The molecule has 8 heteroatoms. The van der Waals surface area contributed by atoms with Gasteiger partial charge in [0.15, 0.2) is 0 Å². The van der Waals surface area contributed by atoms with Crippen LogP contribution in [0.15, 0.2) is 18.2 Å². The Morgan fingerprint density at radius 3 is 2.53 bits per heavy atom. The van der Waals surface area contributed by atoms with Crippen molar-refractivity contribution < 1.29 is 18.3 Å². The molecule has 1 rings (SSSR count). The highest BCUT2D eigenvalue weighted by atomic mass is 35.5. The van der Waals surface area contributed by atoms with Crippen molar-refractivity contribution in [3.05, 3.63) is 28.8 Å². The zero-order valence-corrected chi connectivity index (χ0v) is 12.1. The fraction of sp³-hybridized carbons (Fsp3) is 0.364. The van der Waals surface area contributed by atoms with Gasteiger partial charge < -0.3 is 10.4 Å². The van der Waals surface area contributed by atoms with E-state index in [0.29, 0.717) is 5.69 Å². The van der Waals surface area contributed by atoms with Gasteiger partial charge in [-0.25, -0.2) is 17.5 Å². The number of carboxylic acid groups (broad SMARTS) is 1. The fourth-order valence-electron chi connectivity index (χ4n) is 1.31. The van der Waals surface area contributed by atoms with Gasteiger partial charge in [-0.05, 0) is 18.2 Å². The molecular weight excluding hydrogens is 292 g/mol. The van der Waals surface area contributed by atoms with Crippen LogP contribution in [0, 0.1) is 0 Å². The molecule has 0 aromatic heterocycles. The van der Waals surface area contributed by atoms with E-state index in [1.54, 1.807) is 0 Å². The van der Waals surface area contributed by atoms with Crippen LogP contribution in [-0.4, -0.2) is 50.2 Å². The Labute approximate surface area is 117 Å². The van der Waals surface area contributed by atoms with E-state index in [1.807, 2.05) is 0 Å². The first-order chi connectivity index (χ1) is 8.74. The number of nitrogens with zero attached hydrogens (tertiary/aromatic N) is 1. The summed E-state index contributed by atoms with van der Waals surface area (Å²) in [6.07, 6.45) is 0. The van der Waals surface area contributed by atoms with Gasteiger partial charge in [-0.1, -0.05) is 11.6 Å². The Balaban J connectivity index is 2.65. The summed E-state index contributed by atoms with van der Waals surface area (Å²) in [5.41, 5.74) is 0.581. The Morgan fingerprint density at radius 1 is 1.42 bits per heavy atom. The van der Waals surface area contributed by atoms with Crippen LogP contribution in [0.2, 0.25) is 5.02 Å². The van der Waals surface area contributed by atoms with Gasteiger partial charge >= 0.3 is 5.97 Å². The molecular formula is C11H15ClN2O4S. The van der Waals surface area contributed by atoms with Crippen LogP contribution < -0.4 is 5.32 Å². The van der Waals surface area contributed by atoms with E-state index in [4.69, 9.17) is 16.7 Å². The molecule has 0 bridgehead atoms. The van der Waals surface area contributed by atoms with Gasteiger partial charge in [0.25, 0.3) is 0 Å². The Bertz CT molecular complexity index is 572. The monoisotopic (exact) mass is 306 g/mol. The van der Waals surface area contributed by atoms with Crippen molar-refractivity contribution in [3.8, 4) is 0 Å². The van der Waals surface area contributed by atoms with Gasteiger partial charge in [0.1, 0.15) is 0 Å². The number of carboxylic acids is 1. The lowest BCUT2D eigenvalue weighted by atomic mass is 10.2. The van der Waals surface area contributed by atoms with Crippen LogP contribution in [0.4, 0.5) is 5.69 Å². The number of nitrogens with one attached hydrogen (secondary N) is 1. The van der Waals surface area contributed by atoms with Crippen molar-refractivity contribution in [1.82, 2.24) is 4.31 Å². The summed E-state index contributed by atoms with van der Waals surface area (Å²) in [4.78, 5) is 10.8. The third-order valence-electron chi connectivity index (χ3n) is 2.44. The highest BCUT2D eigenvalue weighted by Crippen LogP contribution is 2.20. The van der Waals surface area contributed by atoms with Gasteiger partial charge in [0.2, 0.25) is 10.0 Å². The van der Waals surface area contributed by atoms with Gasteiger partial charge in [0.05, 0.1) is 16.3 Å². The molecule has 0 aliphatic rings. The summed E-state index contributed by atoms with van der Waals surface area (Å²) in [6.45, 7) is 0.212. The first-order valence-corrected chi connectivity index (χ1v) is 7.39. The molecule has 19 heavy (non-hydrogen) atoms. The number of carbonyl (C=O) groups is 1. The Morgan fingerprint density at radius 2 is 2.05 bits per heavy atom. The highest BCUT2D eigenvalue weighted by Gasteiger charge is 2.13. The van der Waals surface area contributed by atoms with Gasteiger partial charge in [-0.15, -0.1) is 0 Å². The van der Waals surface area contributed by atoms with Crippen LogP contribution in [0.3, 0.4) is 0 Å². The predicted octanol–water partition coefficient (Wildman–Crippen LogP) is 1.34. The molecule has 0 aliphatic heterocycles. The molecule has 0 saturated heterocycles. The number of halogens is 1. The van der Waals surface area contributed by atoms with Crippen molar-refractivity contribution in [2.45, 2.75) is 0 Å². The second-order valence-electron chi connectivity index (χ2n) is 4.02. The molecule has 0 fully saturated rings. The highest BCUT2D eigenvalue weighted by molar-refractivity contribution is 7.89. The summed E-state index contributed by atoms with van der Waals surface area (Å²) in [7, 11) is -0.324. The Kier molecular flexibility index (Phi) is 5.16. The maximum Gasteiger partial charge on any atom is 0.337 e. The SMILES string of the molecule is CN(C)S(=O)(=O)CCNc1ccc(C(=O)O)c(Cl)c1. The molecule has 1 aromatic rings. The van der Waals surface area contributed by atoms with Crippen molar-refractivity contribution in [3.63, 3.8) is 0 Å². The average molecular weight is 307 g/mol. The average Bonchev–Trinajstić information content (AvgIpc) is 2.28. The molecule has 0 amide bonds. The second-order valence-corrected chi connectivity index (χ2v) is 6.73. The summed E-state index contributed by atoms with van der Waals surface area (Å²) in [5, 5.41) is 11.8. The van der Waals surface area contributed by atoms with Gasteiger partial charge in [-0.3, -0.25) is 0 Å². The van der Waals surface area contributed by atoms with Gasteiger partial charge in [0, 0.05) is 26.3 Å². The summed E-state index contributed by atoms with van der Waals surface area (Å²) >= 11 is 5.80. The smallest absolute Gasteiger partial charge is 0.337 e. The zero-order chi connectivity index (χ0) is 14.6. The molecule has 0 unspecified atom stereocenters. The number of hydrogen-bond acceptors (Lipinski definition) is 4. The van der Waals surface area contributed by atoms with Crippen LogP contribution in [-0.2, 0) is 10.0 Å². The van der Waals surface area contributed by atoms with E-state index in [2.05, 4.69) is 5.32 Å². The number of hydrogen-bond donors (Lipinski definition) is 2. The lowest BCUT2D eigenvalue weighted by molar-refractivity contribution is 0.0697. The zero-order valence-electron chi connectivity index (χ0n) is 10.6. The van der Waals surface area contributed by atoms with Crippen LogP contribution >= 0.6 is 11.6 Å². The van der Waals surface area contributed by atoms with Crippen molar-refractivity contribution >= 4 is 33.3 Å². The number of aromatic carboxylic acids is 1. The molecule has 0 radical (unpaired) electrons. The first kappa shape index (κ1) is 15.7. The van der Waals surface area contributed by atoms with Crippen molar-refractivity contribution in [2.24, 2.45) is 0 Å². The fourth-order valence-corrected chi connectivity index (χ4v) is 2.29. The maximum absolute atomic E-state index is 11.5. The second kappa shape index (κ2) is 6.23. The van der Waals surface area contributed by atoms with E-state index in [0.717, 1.165) is 4.31 Å². The molecule has 0 heterocycles. The molecule has 6 nitrogen and oxygen atoms in total. The normalized spacial score (nSPS) is 11.6. The minimum absolute atomic E-state index is 0.00753. The molecule has 0 spiro atoms. The summed E-state index contributed by atoms with van der Waals surface area (Å²) in [6, 6.07) is 4.36. The van der Waals surface area contributed by atoms with Crippen LogP contribution in [0.1, 0.15) is 10.4 Å². The minimum atomic E-state index is -3.26. The van der Waals surface area contributed by atoms with Crippen LogP contribution in [0.25, 0.3) is 0 Å². The van der Waals surface area contributed by atoms with E-state index >= 15 is 0 Å². The Hall–Kier alpha value is -1.31. The molecule has 0 saturated carbocycles. The largest absolute Gasteiger partial charge is 0.478 e. The number of sulfonamides is 1. The molecule has 2 N–H and O–H groups in total. The van der Waals surface area contributed by atoms with E-state index in [-0.39, 0.29) is 22.9 Å². The standard InChI is InChI=1S/C11H15ClN2O4S/c1-14(2)19(17,18)6-5-13-8-3-4-9(11(15)16)10(12)7-8/h3-4,7,13H,5-6H2,1-2H3,(H,15,16). The number of anilines is 1. The molecule has 106 valence electrons. The lowest BCUT2D eigenvalue weighted by Crippen LogP contribution is -2.28. The maximum atomic E-state index is 11.5. The molecule has 0 aliphatic carbocycles. The van der Waals surface area contributed by atoms with E-state index < -0.39 is 16.0 Å². The van der Waals surface area contributed by atoms with E-state index in [1.165, 1.54) is 32.3 Å². The van der Waals surface area contributed by atoms with Gasteiger partial charge in [-0.2, -0.15) is 0 Å². The molecule has 0 atom stereocenters. The topological polar surface area (TPSA) is 86.7 Å². The van der Waals surface area contributed by atoms with Crippen molar-refractivity contribution in [1.29, 1.82) is 0 Å². The van der Waals surface area contributed by atoms with E-state index in [9.17, 15) is 13.2 Å². The molecule has 1 aromatic carbocycles. The quantitative estimate of drug-likeness (QED) is 0.828. The lowest BCUT2D eigenvalue weighted by Gasteiger charge is -2.12.